The number of aromatic amines is 1. The van der Waals surface area contributed by atoms with Gasteiger partial charge >= 0.3 is 0 Å². The lowest BCUT2D eigenvalue weighted by atomic mass is 9.89. The predicted octanol–water partition coefficient (Wildman–Crippen LogP) is 4.25. The van der Waals surface area contributed by atoms with Crippen LogP contribution in [-0.4, -0.2) is 58.1 Å². The van der Waals surface area contributed by atoms with Gasteiger partial charge in [0.05, 0.1) is 55.2 Å². The Balaban J connectivity index is 1.57. The van der Waals surface area contributed by atoms with Crippen LogP contribution in [-0.2, 0) is 21.4 Å². The number of pyridine rings is 1. The Morgan fingerprint density at radius 3 is 2.74 bits per heavy atom. The van der Waals surface area contributed by atoms with E-state index in [9.17, 15) is 4.39 Å². The third kappa shape index (κ3) is 5.70. The monoisotopic (exact) mass is 535 g/mol. The van der Waals surface area contributed by atoms with Crippen LogP contribution in [0, 0.1) is 19.7 Å². The highest BCUT2D eigenvalue weighted by molar-refractivity contribution is 5.54. The molecule has 0 fully saturated rings. The van der Waals surface area contributed by atoms with Crippen molar-refractivity contribution in [1.82, 2.24) is 30.5 Å². The van der Waals surface area contributed by atoms with Crippen molar-refractivity contribution in [3.63, 3.8) is 0 Å². The Morgan fingerprint density at radius 1 is 1.13 bits per heavy atom. The number of benzene rings is 1. The number of aryl methyl sites for hydroxylation is 3. The molecular weight excluding hydrogens is 501 g/mol. The highest BCUT2D eigenvalue weighted by atomic mass is 19.1. The number of halogens is 1. The van der Waals surface area contributed by atoms with Crippen LogP contribution in [0.25, 0.3) is 11.4 Å². The van der Waals surface area contributed by atoms with Crippen molar-refractivity contribution >= 4 is 5.69 Å². The van der Waals surface area contributed by atoms with Crippen molar-refractivity contribution in [2.45, 2.75) is 51.2 Å². The Kier molecular flexibility index (Phi) is 8.01. The Labute approximate surface area is 226 Å². The molecule has 4 aromatic rings. The zero-order valence-corrected chi connectivity index (χ0v) is 22.6. The smallest absolute Gasteiger partial charge is 0.240 e. The van der Waals surface area contributed by atoms with E-state index in [-0.39, 0.29) is 24.5 Å². The van der Waals surface area contributed by atoms with Crippen LogP contribution in [0.2, 0.25) is 0 Å². The van der Waals surface area contributed by atoms with Gasteiger partial charge in [-0.3, -0.25) is 5.32 Å². The number of anilines is 1. The number of nitrogens with one attached hydrogen (secondary N) is 3. The lowest BCUT2D eigenvalue weighted by Gasteiger charge is -2.39. The first-order valence-electron chi connectivity index (χ1n) is 13.1. The van der Waals surface area contributed by atoms with E-state index < -0.39 is 5.54 Å². The molecule has 0 aliphatic carbocycles. The first-order valence-corrected chi connectivity index (χ1v) is 13.1. The molecule has 3 atom stereocenters. The molecule has 0 radical (unpaired) electrons. The average molecular weight is 536 g/mol. The standard InChI is InChI=1S/C28H34FN7O3/c1-17-21(29)10-12-23(31-17)25-15-30-26(33-25)24-11-9-20-7-5-6-8-22(20)32-18(2)28(34-24,16-38-14-13-37-4)27-36-35-19(3)39-27/h5-8,10,12,15,18,24,32,34H,9,11,13-14,16H2,1-4H3,(H,30,33). The summed E-state index contributed by atoms with van der Waals surface area (Å²) >= 11 is 0. The van der Waals surface area contributed by atoms with Gasteiger partial charge < -0.3 is 24.2 Å². The molecule has 3 unspecified atom stereocenters. The fraction of sp³-hybridized carbons (Fsp3) is 0.429. The summed E-state index contributed by atoms with van der Waals surface area (Å²) in [7, 11) is 1.64. The van der Waals surface area contributed by atoms with Crippen LogP contribution in [0.3, 0.4) is 0 Å². The maximum atomic E-state index is 13.8. The quantitative estimate of drug-likeness (QED) is 0.284. The third-order valence-corrected chi connectivity index (χ3v) is 7.15. The fourth-order valence-corrected chi connectivity index (χ4v) is 4.91. The second-order valence-electron chi connectivity index (χ2n) is 9.85. The molecule has 11 heteroatoms. The summed E-state index contributed by atoms with van der Waals surface area (Å²) in [5.74, 6) is 1.26. The summed E-state index contributed by atoms with van der Waals surface area (Å²) in [4.78, 5) is 12.5. The largest absolute Gasteiger partial charge is 0.423 e. The van der Waals surface area contributed by atoms with Gasteiger partial charge in [-0.2, -0.15) is 0 Å². The van der Waals surface area contributed by atoms with Crippen molar-refractivity contribution in [3.05, 3.63) is 77.3 Å². The average Bonchev–Trinajstić information content (AvgIpc) is 3.60. The van der Waals surface area contributed by atoms with Gasteiger partial charge in [-0.1, -0.05) is 18.2 Å². The van der Waals surface area contributed by atoms with Crippen molar-refractivity contribution in [1.29, 1.82) is 0 Å². The summed E-state index contributed by atoms with van der Waals surface area (Å²) in [6.07, 6.45) is 3.24. The molecule has 10 nitrogen and oxygen atoms in total. The van der Waals surface area contributed by atoms with Crippen molar-refractivity contribution in [2.24, 2.45) is 0 Å². The molecule has 4 heterocycles. The minimum atomic E-state index is -0.908. The number of hydrogen-bond acceptors (Lipinski definition) is 9. The van der Waals surface area contributed by atoms with Gasteiger partial charge in [0.2, 0.25) is 11.8 Å². The van der Waals surface area contributed by atoms with Crippen LogP contribution < -0.4 is 10.6 Å². The number of nitrogens with zero attached hydrogens (tertiary/aromatic N) is 4. The first-order chi connectivity index (χ1) is 18.9. The van der Waals surface area contributed by atoms with Crippen LogP contribution in [0.15, 0.2) is 47.0 Å². The van der Waals surface area contributed by atoms with Crippen LogP contribution in [0.5, 0.6) is 0 Å². The van der Waals surface area contributed by atoms with Crippen LogP contribution in [0.1, 0.15) is 48.2 Å². The molecule has 1 aliphatic heterocycles. The summed E-state index contributed by atoms with van der Waals surface area (Å²) < 4.78 is 31.2. The lowest BCUT2D eigenvalue weighted by Crippen LogP contribution is -2.58. The van der Waals surface area contributed by atoms with Gasteiger partial charge in [0.15, 0.2) is 0 Å². The second-order valence-corrected chi connectivity index (χ2v) is 9.85. The SMILES string of the molecule is COCCOCC1(c2nnc(C)o2)NC(c2ncc(-c3ccc(F)c(C)n3)[nH]2)CCc2ccccc2NC1C. The number of ether oxygens (including phenoxy) is 2. The second kappa shape index (κ2) is 11.6. The molecular formula is C28H34FN7O3. The van der Waals surface area contributed by atoms with E-state index in [0.29, 0.717) is 42.1 Å². The number of H-pyrrole nitrogens is 1. The van der Waals surface area contributed by atoms with E-state index >= 15 is 0 Å². The third-order valence-electron chi connectivity index (χ3n) is 7.15. The molecule has 39 heavy (non-hydrogen) atoms. The van der Waals surface area contributed by atoms with Gasteiger partial charge in [0, 0.05) is 19.7 Å². The summed E-state index contributed by atoms with van der Waals surface area (Å²) in [5, 5.41) is 16.1. The number of fused-ring (bicyclic) bond motifs is 1. The fourth-order valence-electron chi connectivity index (χ4n) is 4.91. The van der Waals surface area contributed by atoms with Crippen molar-refractivity contribution in [2.75, 3.05) is 32.2 Å². The number of imidazole rings is 1. The van der Waals surface area contributed by atoms with E-state index in [1.807, 2.05) is 12.1 Å². The highest BCUT2D eigenvalue weighted by Gasteiger charge is 2.46. The minimum absolute atomic E-state index is 0.225. The van der Waals surface area contributed by atoms with E-state index in [1.54, 1.807) is 33.2 Å². The first kappa shape index (κ1) is 26.9. The van der Waals surface area contributed by atoms with E-state index in [0.717, 1.165) is 24.4 Å². The summed E-state index contributed by atoms with van der Waals surface area (Å²) in [6.45, 7) is 6.60. The maximum absolute atomic E-state index is 13.8. The Hall–Kier alpha value is -3.67. The molecule has 0 bridgehead atoms. The van der Waals surface area contributed by atoms with E-state index in [1.165, 1.54) is 11.6 Å². The molecule has 3 aromatic heterocycles. The summed E-state index contributed by atoms with van der Waals surface area (Å²) in [5.41, 5.74) is 2.98. The summed E-state index contributed by atoms with van der Waals surface area (Å²) in [6, 6.07) is 10.9. The lowest BCUT2D eigenvalue weighted by molar-refractivity contribution is 0.0119. The van der Waals surface area contributed by atoms with Gasteiger partial charge in [0.25, 0.3) is 0 Å². The molecule has 0 saturated heterocycles. The van der Waals surface area contributed by atoms with Crippen LogP contribution >= 0.6 is 0 Å². The van der Waals surface area contributed by atoms with Gasteiger partial charge in [-0.15, -0.1) is 10.2 Å². The van der Waals surface area contributed by atoms with Gasteiger partial charge in [0.1, 0.15) is 17.2 Å². The van der Waals surface area contributed by atoms with Gasteiger partial charge in [-0.05, 0) is 50.5 Å². The van der Waals surface area contributed by atoms with Gasteiger partial charge in [-0.25, -0.2) is 14.4 Å². The Morgan fingerprint density at radius 2 is 1.97 bits per heavy atom. The zero-order chi connectivity index (χ0) is 27.4. The molecule has 206 valence electrons. The maximum Gasteiger partial charge on any atom is 0.240 e. The molecule has 3 N–H and O–H groups in total. The van der Waals surface area contributed by atoms with E-state index in [2.05, 4.69) is 49.9 Å². The molecule has 0 amide bonds. The number of methoxy groups -OCH3 is 1. The highest BCUT2D eigenvalue weighted by Crippen LogP contribution is 2.35. The van der Waals surface area contributed by atoms with E-state index in [4.69, 9.17) is 18.9 Å². The predicted molar refractivity (Wildman–Crippen MR) is 144 cm³/mol. The topological polar surface area (TPSA) is 123 Å². The van der Waals surface area contributed by atoms with Crippen molar-refractivity contribution in [3.8, 4) is 11.4 Å². The number of aromatic nitrogens is 5. The molecule has 0 saturated carbocycles. The molecule has 1 aromatic carbocycles. The van der Waals surface area contributed by atoms with Crippen molar-refractivity contribution < 1.29 is 18.3 Å². The molecule has 1 aliphatic rings. The number of rotatable bonds is 8. The molecule has 0 spiro atoms. The Bertz CT molecular complexity index is 1410. The molecule has 5 rings (SSSR count). The normalized spacial score (nSPS) is 21.5. The number of hydrogen-bond donors (Lipinski definition) is 3. The minimum Gasteiger partial charge on any atom is -0.423 e. The number of para-hydroxylation sites is 1. The zero-order valence-electron chi connectivity index (χ0n) is 22.6. The van der Waals surface area contributed by atoms with Crippen LogP contribution in [0.4, 0.5) is 10.1 Å².